The Morgan fingerprint density at radius 2 is 1.65 bits per heavy atom. The van der Waals surface area contributed by atoms with Crippen LogP contribution in [0.1, 0.15) is 12.0 Å². The smallest absolute Gasteiger partial charge is 0.512 e. The van der Waals surface area contributed by atoms with Gasteiger partial charge in [-0.1, -0.05) is 0 Å². The van der Waals surface area contributed by atoms with Crippen LogP contribution in [0.15, 0.2) is 24.3 Å². The topological polar surface area (TPSA) is 114 Å². The van der Waals surface area contributed by atoms with Crippen molar-refractivity contribution >= 4 is 7.32 Å². The SMILES string of the molecule is N#Cc1ccc(OB(O)O)cc1.OCCCO. The van der Waals surface area contributed by atoms with Crippen LogP contribution in [-0.4, -0.2) is 40.8 Å². The summed E-state index contributed by atoms with van der Waals surface area (Å²) in [4.78, 5) is 0. The van der Waals surface area contributed by atoms with Gasteiger partial charge in [0.15, 0.2) is 0 Å². The van der Waals surface area contributed by atoms with Crippen molar-refractivity contribution in [1.82, 2.24) is 0 Å². The predicted molar refractivity (Wildman–Crippen MR) is 60.8 cm³/mol. The third-order valence-electron chi connectivity index (χ3n) is 1.54. The van der Waals surface area contributed by atoms with Gasteiger partial charge in [0.25, 0.3) is 0 Å². The number of benzene rings is 1. The lowest BCUT2D eigenvalue weighted by Gasteiger charge is -2.02. The van der Waals surface area contributed by atoms with Crippen LogP contribution in [0.5, 0.6) is 5.75 Å². The number of nitriles is 1. The molecule has 0 aliphatic carbocycles. The molecule has 0 saturated heterocycles. The summed E-state index contributed by atoms with van der Waals surface area (Å²) < 4.78 is 4.52. The van der Waals surface area contributed by atoms with Crippen molar-refractivity contribution in [3.8, 4) is 11.8 Å². The van der Waals surface area contributed by atoms with Crippen LogP contribution < -0.4 is 4.65 Å². The molecule has 1 rings (SSSR count). The van der Waals surface area contributed by atoms with Gasteiger partial charge in [-0.05, 0) is 30.7 Å². The van der Waals surface area contributed by atoms with Gasteiger partial charge in [0, 0.05) is 13.2 Å². The van der Waals surface area contributed by atoms with Gasteiger partial charge in [0.2, 0.25) is 0 Å². The van der Waals surface area contributed by atoms with Crippen LogP contribution >= 0.6 is 0 Å². The van der Waals surface area contributed by atoms with Crippen molar-refractivity contribution in [2.45, 2.75) is 6.42 Å². The molecule has 0 spiro atoms. The molecule has 4 N–H and O–H groups in total. The minimum absolute atomic E-state index is 0.0938. The lowest BCUT2D eigenvalue weighted by molar-refractivity contribution is 0.221. The molecule has 0 atom stereocenters. The van der Waals surface area contributed by atoms with E-state index in [-0.39, 0.29) is 13.2 Å². The van der Waals surface area contributed by atoms with Crippen molar-refractivity contribution in [3.05, 3.63) is 29.8 Å². The molecule has 1 aromatic rings. The van der Waals surface area contributed by atoms with E-state index in [1.54, 1.807) is 0 Å². The zero-order valence-corrected chi connectivity index (χ0v) is 9.15. The molecule has 0 aliphatic heterocycles. The second kappa shape index (κ2) is 9.63. The molecule has 0 fully saturated rings. The fraction of sp³-hybridized carbons (Fsp3) is 0.300. The zero-order chi connectivity index (χ0) is 13.1. The normalized spacial score (nSPS) is 8.65. The first kappa shape index (κ1) is 15.4. The molecule has 0 saturated carbocycles. The third-order valence-corrected chi connectivity index (χ3v) is 1.54. The summed E-state index contributed by atoms with van der Waals surface area (Å²) in [6.07, 6.45) is 0.500. The zero-order valence-electron chi connectivity index (χ0n) is 9.15. The number of rotatable bonds is 4. The van der Waals surface area contributed by atoms with E-state index in [2.05, 4.69) is 4.65 Å². The van der Waals surface area contributed by atoms with Gasteiger partial charge in [-0.15, -0.1) is 0 Å². The Kier molecular flexibility index (Phi) is 8.73. The maximum absolute atomic E-state index is 8.42. The van der Waals surface area contributed by atoms with Crippen molar-refractivity contribution in [2.24, 2.45) is 0 Å². The molecule has 0 bridgehead atoms. The Morgan fingerprint density at radius 1 is 1.12 bits per heavy atom. The Morgan fingerprint density at radius 3 is 1.94 bits per heavy atom. The molecule has 17 heavy (non-hydrogen) atoms. The third kappa shape index (κ3) is 8.25. The molecule has 1 aromatic carbocycles. The van der Waals surface area contributed by atoms with E-state index in [1.165, 1.54) is 24.3 Å². The molecular weight excluding hydrogens is 225 g/mol. The predicted octanol–water partition coefficient (Wildman–Crippen LogP) is -0.732. The van der Waals surface area contributed by atoms with E-state index < -0.39 is 7.32 Å². The van der Waals surface area contributed by atoms with Crippen LogP contribution in [0, 0.1) is 11.3 Å². The van der Waals surface area contributed by atoms with E-state index in [4.69, 9.17) is 25.5 Å². The van der Waals surface area contributed by atoms with Crippen LogP contribution in [0.4, 0.5) is 0 Å². The van der Waals surface area contributed by atoms with Crippen molar-refractivity contribution in [1.29, 1.82) is 5.26 Å². The second-order valence-corrected chi connectivity index (χ2v) is 2.88. The first-order valence-corrected chi connectivity index (χ1v) is 4.88. The van der Waals surface area contributed by atoms with Gasteiger partial charge >= 0.3 is 7.32 Å². The molecule has 0 aliphatic rings. The first-order valence-electron chi connectivity index (χ1n) is 4.88. The lowest BCUT2D eigenvalue weighted by atomic mass is 10.2. The minimum atomic E-state index is -1.82. The average Bonchev–Trinajstić information content (AvgIpc) is 2.31. The van der Waals surface area contributed by atoms with Gasteiger partial charge in [-0.3, -0.25) is 0 Å². The van der Waals surface area contributed by atoms with Gasteiger partial charge in [0.05, 0.1) is 11.6 Å². The van der Waals surface area contributed by atoms with Crippen LogP contribution in [0.25, 0.3) is 0 Å². The largest absolute Gasteiger partial charge is 0.707 e. The van der Waals surface area contributed by atoms with E-state index in [1.807, 2.05) is 6.07 Å². The van der Waals surface area contributed by atoms with E-state index in [9.17, 15) is 0 Å². The van der Waals surface area contributed by atoms with E-state index >= 15 is 0 Å². The number of hydrogen-bond donors (Lipinski definition) is 4. The quantitative estimate of drug-likeness (QED) is 0.515. The summed E-state index contributed by atoms with van der Waals surface area (Å²) in [5, 5.41) is 41.0. The number of hydrogen-bond acceptors (Lipinski definition) is 6. The molecular formula is C10H14BNO5. The standard InChI is InChI=1S/C7H6BNO3.C3H8O2/c9-5-6-1-3-7(4-2-6)12-8(10)11;4-2-1-3-5/h1-4,10-11H;4-5H,1-3H2. The second-order valence-electron chi connectivity index (χ2n) is 2.88. The summed E-state index contributed by atoms with van der Waals surface area (Å²) in [5.74, 6) is 0.309. The van der Waals surface area contributed by atoms with Crippen LogP contribution in [0.2, 0.25) is 0 Å². The van der Waals surface area contributed by atoms with E-state index in [0.29, 0.717) is 17.7 Å². The van der Waals surface area contributed by atoms with Gasteiger partial charge in [-0.25, -0.2) is 0 Å². The van der Waals surface area contributed by atoms with Gasteiger partial charge < -0.3 is 24.9 Å². The Balaban J connectivity index is 0.000000437. The number of aliphatic hydroxyl groups is 2. The Labute approximate surface area is 99.5 Å². The Hall–Kier alpha value is -1.59. The molecule has 92 valence electrons. The highest BCUT2D eigenvalue weighted by atomic mass is 16.6. The number of aliphatic hydroxyl groups excluding tert-OH is 2. The first-order chi connectivity index (χ1) is 8.13. The van der Waals surface area contributed by atoms with Gasteiger partial charge in [0.1, 0.15) is 5.75 Å². The van der Waals surface area contributed by atoms with Gasteiger partial charge in [-0.2, -0.15) is 5.26 Å². The molecule has 0 amide bonds. The highest BCUT2D eigenvalue weighted by molar-refractivity contribution is 6.33. The lowest BCUT2D eigenvalue weighted by Crippen LogP contribution is -2.20. The minimum Gasteiger partial charge on any atom is -0.512 e. The monoisotopic (exact) mass is 239 g/mol. The maximum atomic E-state index is 8.42. The van der Waals surface area contributed by atoms with Crippen molar-refractivity contribution in [3.63, 3.8) is 0 Å². The molecule has 0 unspecified atom stereocenters. The van der Waals surface area contributed by atoms with Crippen LogP contribution in [-0.2, 0) is 0 Å². The fourth-order valence-corrected chi connectivity index (χ4v) is 0.800. The average molecular weight is 239 g/mol. The molecule has 0 aromatic heterocycles. The Bertz CT molecular complexity index is 334. The van der Waals surface area contributed by atoms with Crippen molar-refractivity contribution in [2.75, 3.05) is 13.2 Å². The van der Waals surface area contributed by atoms with E-state index in [0.717, 1.165) is 0 Å². The number of nitrogens with zero attached hydrogens (tertiary/aromatic N) is 1. The highest BCUT2D eigenvalue weighted by Crippen LogP contribution is 2.11. The summed E-state index contributed by atoms with van der Waals surface area (Å²) in [5.41, 5.74) is 0.495. The molecule has 7 heteroatoms. The summed E-state index contributed by atoms with van der Waals surface area (Å²) >= 11 is 0. The molecule has 0 heterocycles. The van der Waals surface area contributed by atoms with Crippen LogP contribution in [0.3, 0.4) is 0 Å². The van der Waals surface area contributed by atoms with Crippen molar-refractivity contribution < 1.29 is 24.9 Å². The summed E-state index contributed by atoms with van der Waals surface area (Å²) in [6, 6.07) is 7.95. The maximum Gasteiger partial charge on any atom is 0.707 e. The molecule has 6 nitrogen and oxygen atoms in total. The summed E-state index contributed by atoms with van der Waals surface area (Å²) in [6.45, 7) is 0.188. The highest BCUT2D eigenvalue weighted by Gasteiger charge is 2.10. The summed E-state index contributed by atoms with van der Waals surface area (Å²) in [7, 11) is -1.82. The molecule has 0 radical (unpaired) electrons. The fourth-order valence-electron chi connectivity index (χ4n) is 0.800.